The maximum atomic E-state index is 12.0. The number of amides is 1. The first kappa shape index (κ1) is 15.6. The summed E-state index contributed by atoms with van der Waals surface area (Å²) in [7, 11) is 0. The molecule has 1 atom stereocenters. The first-order chi connectivity index (χ1) is 8.99. The van der Waals surface area contributed by atoms with E-state index in [1.54, 1.807) is 0 Å². The van der Waals surface area contributed by atoms with Gasteiger partial charge in [0.15, 0.2) is 0 Å². The minimum absolute atomic E-state index is 0.0710. The normalized spacial score (nSPS) is 11.9. The van der Waals surface area contributed by atoms with Crippen molar-refractivity contribution in [3.63, 3.8) is 0 Å². The molecular formula is C12H16BrN3O3. The van der Waals surface area contributed by atoms with E-state index < -0.39 is 4.92 Å². The van der Waals surface area contributed by atoms with Gasteiger partial charge in [-0.3, -0.25) is 14.9 Å². The molecular weight excluding hydrogens is 314 g/mol. The second kappa shape index (κ2) is 7.20. The summed E-state index contributed by atoms with van der Waals surface area (Å²) in [4.78, 5) is 22.2. The van der Waals surface area contributed by atoms with Crippen LogP contribution in [0, 0.1) is 16.0 Å². The number of nitrogens with two attached hydrogens (primary N) is 1. The Hall–Kier alpha value is -1.47. The van der Waals surface area contributed by atoms with E-state index in [4.69, 9.17) is 5.73 Å². The molecule has 0 fully saturated rings. The lowest BCUT2D eigenvalue weighted by Gasteiger charge is -2.14. The quantitative estimate of drug-likeness (QED) is 0.619. The maximum absolute atomic E-state index is 12.0. The summed E-state index contributed by atoms with van der Waals surface area (Å²) in [6.07, 6.45) is 1.54. The third-order valence-electron chi connectivity index (χ3n) is 2.71. The van der Waals surface area contributed by atoms with E-state index in [1.165, 1.54) is 18.2 Å². The van der Waals surface area contributed by atoms with Crippen molar-refractivity contribution in [2.24, 2.45) is 11.7 Å². The SMILES string of the molecule is CCCC(CN)C(=O)Nc1cc([N+](=O)[O-])ccc1Br. The van der Waals surface area contributed by atoms with Crippen molar-refractivity contribution < 1.29 is 9.72 Å². The number of halogens is 1. The summed E-state index contributed by atoms with van der Waals surface area (Å²) in [5.74, 6) is -0.498. The lowest BCUT2D eigenvalue weighted by Crippen LogP contribution is -2.29. The number of hydrogen-bond donors (Lipinski definition) is 2. The van der Waals surface area contributed by atoms with Gasteiger partial charge in [-0.15, -0.1) is 0 Å². The van der Waals surface area contributed by atoms with Crippen molar-refractivity contribution in [3.8, 4) is 0 Å². The molecule has 0 aliphatic heterocycles. The highest BCUT2D eigenvalue weighted by molar-refractivity contribution is 9.10. The number of hydrogen-bond acceptors (Lipinski definition) is 4. The second-order valence-corrected chi connectivity index (χ2v) is 4.99. The number of anilines is 1. The molecule has 0 bridgehead atoms. The molecule has 0 aliphatic carbocycles. The van der Waals surface area contributed by atoms with Gasteiger partial charge in [0.2, 0.25) is 5.91 Å². The largest absolute Gasteiger partial charge is 0.330 e. The van der Waals surface area contributed by atoms with E-state index in [0.717, 1.165) is 6.42 Å². The monoisotopic (exact) mass is 329 g/mol. The molecule has 19 heavy (non-hydrogen) atoms. The molecule has 0 spiro atoms. The Morgan fingerprint density at radius 1 is 1.58 bits per heavy atom. The molecule has 6 nitrogen and oxygen atoms in total. The van der Waals surface area contributed by atoms with Gasteiger partial charge >= 0.3 is 0 Å². The average Bonchev–Trinajstić information content (AvgIpc) is 2.38. The van der Waals surface area contributed by atoms with Crippen LogP contribution in [-0.4, -0.2) is 17.4 Å². The van der Waals surface area contributed by atoms with Crippen LogP contribution in [0.4, 0.5) is 11.4 Å². The predicted molar refractivity (Wildman–Crippen MR) is 76.9 cm³/mol. The number of nitro benzene ring substituents is 1. The Kier molecular flexibility index (Phi) is 5.91. The maximum Gasteiger partial charge on any atom is 0.271 e. The molecule has 1 aromatic carbocycles. The van der Waals surface area contributed by atoms with Gasteiger partial charge in [-0.25, -0.2) is 0 Å². The standard InChI is InChI=1S/C12H16BrN3O3/c1-2-3-8(7-14)12(17)15-11-6-9(16(18)19)4-5-10(11)13/h4-6,8H,2-3,7,14H2,1H3,(H,15,17). The Morgan fingerprint density at radius 3 is 2.79 bits per heavy atom. The molecule has 0 saturated heterocycles. The van der Waals surface area contributed by atoms with Crippen LogP contribution in [0.25, 0.3) is 0 Å². The topological polar surface area (TPSA) is 98.3 Å². The predicted octanol–water partition coefficient (Wildman–Crippen LogP) is 2.67. The summed E-state index contributed by atoms with van der Waals surface area (Å²) in [6, 6.07) is 4.22. The van der Waals surface area contributed by atoms with Crippen LogP contribution >= 0.6 is 15.9 Å². The third-order valence-corrected chi connectivity index (χ3v) is 3.40. The Bertz CT molecular complexity index is 479. The van der Waals surface area contributed by atoms with E-state index in [9.17, 15) is 14.9 Å². The zero-order valence-electron chi connectivity index (χ0n) is 10.6. The molecule has 0 saturated carbocycles. The fourth-order valence-corrected chi connectivity index (χ4v) is 2.01. The smallest absolute Gasteiger partial charge is 0.271 e. The number of nitrogens with one attached hydrogen (secondary N) is 1. The molecule has 1 rings (SSSR count). The zero-order chi connectivity index (χ0) is 14.4. The summed E-state index contributed by atoms with van der Waals surface area (Å²) < 4.78 is 0.596. The molecule has 7 heteroatoms. The first-order valence-corrected chi connectivity index (χ1v) is 6.73. The van der Waals surface area contributed by atoms with Crippen molar-refractivity contribution in [1.82, 2.24) is 0 Å². The van der Waals surface area contributed by atoms with Crippen LogP contribution < -0.4 is 11.1 Å². The van der Waals surface area contributed by atoms with Crippen molar-refractivity contribution in [2.45, 2.75) is 19.8 Å². The lowest BCUT2D eigenvalue weighted by molar-refractivity contribution is -0.384. The Morgan fingerprint density at radius 2 is 2.26 bits per heavy atom. The molecule has 3 N–H and O–H groups in total. The lowest BCUT2D eigenvalue weighted by atomic mass is 10.0. The molecule has 0 heterocycles. The number of nitro groups is 1. The minimum Gasteiger partial charge on any atom is -0.330 e. The van der Waals surface area contributed by atoms with Crippen LogP contribution in [0.1, 0.15) is 19.8 Å². The summed E-state index contributed by atoms with van der Waals surface area (Å²) in [5, 5.41) is 13.4. The highest BCUT2D eigenvalue weighted by atomic mass is 79.9. The third kappa shape index (κ3) is 4.29. The van der Waals surface area contributed by atoms with Gasteiger partial charge in [0.05, 0.1) is 16.5 Å². The molecule has 0 aromatic heterocycles. The van der Waals surface area contributed by atoms with Gasteiger partial charge in [0, 0.05) is 23.2 Å². The second-order valence-electron chi connectivity index (χ2n) is 4.13. The fourth-order valence-electron chi connectivity index (χ4n) is 1.66. The van der Waals surface area contributed by atoms with Gasteiger partial charge in [0.1, 0.15) is 0 Å². The molecule has 104 valence electrons. The Labute approximate surface area is 119 Å². The van der Waals surface area contributed by atoms with Crippen LogP contribution in [0.3, 0.4) is 0 Å². The highest BCUT2D eigenvalue weighted by Crippen LogP contribution is 2.27. The molecule has 0 radical (unpaired) electrons. The van der Waals surface area contributed by atoms with Gasteiger partial charge in [-0.1, -0.05) is 13.3 Å². The van der Waals surface area contributed by atoms with Crippen molar-refractivity contribution in [2.75, 3.05) is 11.9 Å². The molecule has 0 aliphatic rings. The first-order valence-electron chi connectivity index (χ1n) is 5.94. The Balaban J connectivity index is 2.89. The van der Waals surface area contributed by atoms with E-state index >= 15 is 0 Å². The van der Waals surface area contributed by atoms with Crippen molar-refractivity contribution in [3.05, 3.63) is 32.8 Å². The van der Waals surface area contributed by atoms with Crippen LogP contribution in [-0.2, 0) is 4.79 Å². The van der Waals surface area contributed by atoms with Crippen LogP contribution in [0.2, 0.25) is 0 Å². The molecule has 1 aromatic rings. The van der Waals surface area contributed by atoms with Crippen LogP contribution in [0.5, 0.6) is 0 Å². The summed E-state index contributed by atoms with van der Waals surface area (Å²) in [6.45, 7) is 2.23. The number of carbonyl (C=O) groups excluding carboxylic acids is 1. The van der Waals surface area contributed by atoms with Gasteiger partial charge in [0.25, 0.3) is 5.69 Å². The molecule has 1 unspecified atom stereocenters. The van der Waals surface area contributed by atoms with Gasteiger partial charge < -0.3 is 11.1 Å². The number of rotatable bonds is 6. The van der Waals surface area contributed by atoms with Crippen molar-refractivity contribution >= 4 is 33.2 Å². The van der Waals surface area contributed by atoms with E-state index in [0.29, 0.717) is 16.6 Å². The van der Waals surface area contributed by atoms with E-state index in [1.807, 2.05) is 6.92 Å². The summed E-state index contributed by atoms with van der Waals surface area (Å²) in [5.41, 5.74) is 5.86. The zero-order valence-corrected chi connectivity index (χ0v) is 12.1. The molecule has 1 amide bonds. The fraction of sp³-hybridized carbons (Fsp3) is 0.417. The van der Waals surface area contributed by atoms with Gasteiger partial charge in [-0.05, 0) is 28.4 Å². The van der Waals surface area contributed by atoms with E-state index in [-0.39, 0.29) is 24.1 Å². The summed E-state index contributed by atoms with van der Waals surface area (Å²) >= 11 is 3.25. The number of nitrogens with zero attached hydrogens (tertiary/aromatic N) is 1. The van der Waals surface area contributed by atoms with Crippen LogP contribution in [0.15, 0.2) is 22.7 Å². The number of non-ortho nitro benzene ring substituents is 1. The minimum atomic E-state index is -0.505. The highest BCUT2D eigenvalue weighted by Gasteiger charge is 2.18. The average molecular weight is 330 g/mol. The van der Waals surface area contributed by atoms with Gasteiger partial charge in [-0.2, -0.15) is 0 Å². The van der Waals surface area contributed by atoms with E-state index in [2.05, 4.69) is 21.2 Å². The number of benzene rings is 1. The number of carbonyl (C=O) groups is 1. The van der Waals surface area contributed by atoms with Crippen molar-refractivity contribution in [1.29, 1.82) is 0 Å².